The number of nitrogens with one attached hydrogen (secondary N) is 2. The van der Waals surface area contributed by atoms with E-state index >= 15 is 0 Å². The molecule has 1 heterocycles. The largest absolute Gasteiger partial charge is 0.371 e. The highest BCUT2D eigenvalue weighted by atomic mass is 16.2. The lowest BCUT2D eigenvalue weighted by atomic mass is 9.97. The maximum absolute atomic E-state index is 12.7. The molecular formula is C20H31N3O2. The molecule has 138 valence electrons. The van der Waals surface area contributed by atoms with Gasteiger partial charge in [0, 0.05) is 37.4 Å². The van der Waals surface area contributed by atoms with E-state index < -0.39 is 0 Å². The number of nitrogens with zero attached hydrogens (tertiary/aromatic N) is 1. The van der Waals surface area contributed by atoms with Crippen LogP contribution in [0.15, 0.2) is 18.2 Å². The molecule has 1 aliphatic heterocycles. The average molecular weight is 345 g/mol. The number of rotatable bonds is 6. The van der Waals surface area contributed by atoms with Crippen molar-refractivity contribution >= 4 is 23.2 Å². The van der Waals surface area contributed by atoms with E-state index in [1.807, 2.05) is 19.1 Å². The Morgan fingerprint density at radius 2 is 1.92 bits per heavy atom. The van der Waals surface area contributed by atoms with Crippen molar-refractivity contribution < 1.29 is 9.59 Å². The first-order valence-electron chi connectivity index (χ1n) is 9.37. The van der Waals surface area contributed by atoms with Crippen LogP contribution in [0.25, 0.3) is 0 Å². The van der Waals surface area contributed by atoms with E-state index in [1.54, 1.807) is 6.07 Å². The summed E-state index contributed by atoms with van der Waals surface area (Å²) in [5.41, 5.74) is 2.28. The van der Waals surface area contributed by atoms with Gasteiger partial charge in [-0.25, -0.2) is 0 Å². The quantitative estimate of drug-likeness (QED) is 0.827. The summed E-state index contributed by atoms with van der Waals surface area (Å²) in [5.74, 6) is 1.01. The van der Waals surface area contributed by atoms with Crippen LogP contribution in [0.3, 0.4) is 0 Å². The molecule has 1 saturated heterocycles. The average Bonchev–Trinajstić information content (AvgIpc) is 2.60. The highest BCUT2D eigenvalue weighted by Crippen LogP contribution is 2.28. The molecule has 0 aromatic heterocycles. The van der Waals surface area contributed by atoms with Gasteiger partial charge in [0.05, 0.1) is 5.56 Å². The van der Waals surface area contributed by atoms with Crippen LogP contribution in [0, 0.1) is 11.8 Å². The van der Waals surface area contributed by atoms with Gasteiger partial charge in [0.1, 0.15) is 0 Å². The van der Waals surface area contributed by atoms with E-state index in [-0.39, 0.29) is 11.8 Å². The highest BCUT2D eigenvalue weighted by Gasteiger charge is 2.21. The van der Waals surface area contributed by atoms with Crippen molar-refractivity contribution in [2.75, 3.05) is 29.9 Å². The second-order valence-corrected chi connectivity index (χ2v) is 7.41. The van der Waals surface area contributed by atoms with Crippen LogP contribution in [0.2, 0.25) is 0 Å². The summed E-state index contributed by atoms with van der Waals surface area (Å²) in [6.07, 6.45) is 2.70. The van der Waals surface area contributed by atoms with E-state index in [4.69, 9.17) is 0 Å². The minimum Gasteiger partial charge on any atom is -0.371 e. The van der Waals surface area contributed by atoms with Gasteiger partial charge in [-0.1, -0.05) is 27.7 Å². The molecule has 5 nitrogen and oxygen atoms in total. The van der Waals surface area contributed by atoms with Crippen molar-refractivity contribution in [3.63, 3.8) is 0 Å². The molecule has 0 saturated carbocycles. The minimum absolute atomic E-state index is 0.0481. The number of piperidine rings is 1. The second-order valence-electron chi connectivity index (χ2n) is 7.41. The molecule has 25 heavy (non-hydrogen) atoms. The third-order valence-electron chi connectivity index (χ3n) is 4.64. The van der Waals surface area contributed by atoms with Crippen LogP contribution in [0.1, 0.15) is 57.3 Å². The lowest BCUT2D eigenvalue weighted by Crippen LogP contribution is -2.35. The van der Waals surface area contributed by atoms with E-state index in [9.17, 15) is 9.59 Å². The van der Waals surface area contributed by atoms with Gasteiger partial charge in [0.25, 0.3) is 5.91 Å². The Hall–Kier alpha value is -2.04. The standard InChI is InChI=1S/C20H31N3O2/c1-5-19(24)22-16-6-7-18(23-10-8-15(4)9-11-23)17(12-16)20(25)21-13-14(2)3/h6-7,12,14-15H,5,8-11,13H2,1-4H3,(H,21,25)(H,22,24). The van der Waals surface area contributed by atoms with Gasteiger partial charge >= 0.3 is 0 Å². The number of amides is 2. The normalized spacial score (nSPS) is 15.3. The molecule has 5 heteroatoms. The van der Waals surface area contributed by atoms with Crippen molar-refractivity contribution in [1.29, 1.82) is 0 Å². The zero-order valence-electron chi connectivity index (χ0n) is 15.9. The molecule has 1 aliphatic rings. The molecule has 1 aromatic carbocycles. The Balaban J connectivity index is 2.26. The van der Waals surface area contributed by atoms with Crippen molar-refractivity contribution in [3.8, 4) is 0 Å². The van der Waals surface area contributed by atoms with Crippen LogP contribution in [-0.4, -0.2) is 31.4 Å². The zero-order chi connectivity index (χ0) is 18.4. The fourth-order valence-corrected chi connectivity index (χ4v) is 2.96. The van der Waals surface area contributed by atoms with Crippen molar-refractivity contribution in [2.24, 2.45) is 11.8 Å². The monoisotopic (exact) mass is 345 g/mol. The maximum Gasteiger partial charge on any atom is 0.253 e. The third kappa shape index (κ3) is 5.48. The van der Waals surface area contributed by atoms with Gasteiger partial charge in [-0.15, -0.1) is 0 Å². The summed E-state index contributed by atoms with van der Waals surface area (Å²) in [6, 6.07) is 5.66. The maximum atomic E-state index is 12.7. The Bertz CT molecular complexity index is 605. The summed E-state index contributed by atoms with van der Waals surface area (Å²) in [6.45, 7) is 10.8. The fourth-order valence-electron chi connectivity index (χ4n) is 2.96. The number of benzene rings is 1. The Labute approximate surface area is 151 Å². The van der Waals surface area contributed by atoms with Crippen LogP contribution in [0.4, 0.5) is 11.4 Å². The van der Waals surface area contributed by atoms with E-state index in [0.717, 1.165) is 37.5 Å². The topological polar surface area (TPSA) is 61.4 Å². The summed E-state index contributed by atoms with van der Waals surface area (Å²) in [5, 5.41) is 5.85. The van der Waals surface area contributed by atoms with Gasteiger partial charge in [0.15, 0.2) is 0 Å². The number of anilines is 2. The molecule has 2 rings (SSSR count). The first-order valence-corrected chi connectivity index (χ1v) is 9.37. The molecule has 0 bridgehead atoms. The van der Waals surface area contributed by atoms with E-state index in [0.29, 0.717) is 30.1 Å². The van der Waals surface area contributed by atoms with Gasteiger partial charge in [0.2, 0.25) is 5.91 Å². The number of hydrogen-bond acceptors (Lipinski definition) is 3. The minimum atomic E-state index is -0.0741. The van der Waals surface area contributed by atoms with Crippen LogP contribution in [-0.2, 0) is 4.79 Å². The summed E-state index contributed by atoms with van der Waals surface area (Å²) < 4.78 is 0. The van der Waals surface area contributed by atoms with Crippen LogP contribution < -0.4 is 15.5 Å². The smallest absolute Gasteiger partial charge is 0.253 e. The first-order chi connectivity index (χ1) is 11.9. The molecule has 0 atom stereocenters. The predicted molar refractivity (Wildman–Crippen MR) is 103 cm³/mol. The molecule has 0 radical (unpaired) electrons. The molecule has 0 spiro atoms. The van der Waals surface area contributed by atoms with Crippen molar-refractivity contribution in [1.82, 2.24) is 5.32 Å². The predicted octanol–water partition coefficient (Wildman–Crippen LogP) is 3.66. The van der Waals surface area contributed by atoms with E-state index in [1.165, 1.54) is 0 Å². The lowest BCUT2D eigenvalue weighted by molar-refractivity contribution is -0.115. The Kier molecular flexibility index (Phi) is 6.85. The fraction of sp³-hybridized carbons (Fsp3) is 0.600. The van der Waals surface area contributed by atoms with Gasteiger partial charge in [-0.05, 0) is 42.9 Å². The van der Waals surface area contributed by atoms with Crippen molar-refractivity contribution in [2.45, 2.75) is 47.0 Å². The highest BCUT2D eigenvalue weighted by molar-refractivity contribution is 6.02. The molecule has 1 aromatic rings. The first kappa shape index (κ1) is 19.3. The zero-order valence-corrected chi connectivity index (χ0v) is 15.9. The number of carbonyl (C=O) groups is 2. The molecule has 0 aliphatic carbocycles. The summed E-state index contributed by atoms with van der Waals surface area (Å²) in [4.78, 5) is 26.7. The number of carbonyl (C=O) groups excluding carboxylic acids is 2. The van der Waals surface area contributed by atoms with E-state index in [2.05, 4.69) is 36.3 Å². The lowest BCUT2D eigenvalue weighted by Gasteiger charge is -2.33. The third-order valence-corrected chi connectivity index (χ3v) is 4.64. The van der Waals surface area contributed by atoms with Gasteiger partial charge in [-0.2, -0.15) is 0 Å². The van der Waals surface area contributed by atoms with Crippen molar-refractivity contribution in [3.05, 3.63) is 23.8 Å². The van der Waals surface area contributed by atoms with Crippen LogP contribution in [0.5, 0.6) is 0 Å². The Morgan fingerprint density at radius 3 is 2.52 bits per heavy atom. The molecule has 0 unspecified atom stereocenters. The molecular weight excluding hydrogens is 314 g/mol. The van der Waals surface area contributed by atoms with Gasteiger partial charge < -0.3 is 15.5 Å². The Morgan fingerprint density at radius 1 is 1.24 bits per heavy atom. The molecule has 2 amide bonds. The van der Waals surface area contributed by atoms with Crippen LogP contribution >= 0.6 is 0 Å². The summed E-state index contributed by atoms with van der Waals surface area (Å²) >= 11 is 0. The summed E-state index contributed by atoms with van der Waals surface area (Å²) in [7, 11) is 0. The second kappa shape index (κ2) is 8.88. The molecule has 2 N–H and O–H groups in total. The van der Waals surface area contributed by atoms with Gasteiger partial charge in [-0.3, -0.25) is 9.59 Å². The molecule has 1 fully saturated rings. The SMILES string of the molecule is CCC(=O)Nc1ccc(N2CCC(C)CC2)c(C(=O)NCC(C)C)c1. The number of hydrogen-bond donors (Lipinski definition) is 2.